The van der Waals surface area contributed by atoms with E-state index >= 15 is 0 Å². The first-order valence-electron chi connectivity index (χ1n) is 8.17. The summed E-state index contributed by atoms with van der Waals surface area (Å²) in [5.41, 5.74) is 1.08. The summed E-state index contributed by atoms with van der Waals surface area (Å²) in [6.07, 6.45) is 0. The van der Waals surface area contributed by atoms with Crippen LogP contribution < -0.4 is 15.6 Å². The van der Waals surface area contributed by atoms with Gasteiger partial charge in [0.1, 0.15) is 16.8 Å². The maximum Gasteiger partial charge on any atom is 0.228 e. The average molecular weight is 331 g/mol. The Morgan fingerprint density at radius 2 is 1.52 bits per heavy atom. The molecule has 0 aliphatic carbocycles. The van der Waals surface area contributed by atoms with Gasteiger partial charge in [0.25, 0.3) is 0 Å². The molecule has 5 nitrogen and oxygen atoms in total. The van der Waals surface area contributed by atoms with Crippen molar-refractivity contribution in [3.8, 4) is 5.75 Å². The van der Waals surface area contributed by atoms with Gasteiger partial charge >= 0.3 is 0 Å². The number of nitrogens with zero attached hydrogens (tertiary/aromatic N) is 3. The van der Waals surface area contributed by atoms with Crippen molar-refractivity contribution in [3.63, 3.8) is 0 Å². The van der Waals surface area contributed by atoms with Gasteiger partial charge in [-0.15, -0.1) is 0 Å². The number of benzene rings is 3. The van der Waals surface area contributed by atoms with E-state index in [4.69, 9.17) is 0 Å². The predicted molar refractivity (Wildman–Crippen MR) is 96.9 cm³/mol. The minimum absolute atomic E-state index is 0.0502. The molecule has 0 spiro atoms. The van der Waals surface area contributed by atoms with Crippen LogP contribution >= 0.6 is 0 Å². The highest BCUT2D eigenvalue weighted by atomic mass is 16.3. The third-order valence-corrected chi connectivity index (χ3v) is 4.30. The van der Waals surface area contributed by atoms with Crippen molar-refractivity contribution in [1.29, 1.82) is 0 Å². The Balaban J connectivity index is 2.15. The molecule has 0 fully saturated rings. The number of hydrogen-bond acceptors (Lipinski definition) is 4. The van der Waals surface area contributed by atoms with Crippen LogP contribution in [0.2, 0.25) is 0 Å². The number of amides is 1. The normalized spacial score (nSPS) is 12.8. The monoisotopic (exact) mass is 331 g/mol. The van der Waals surface area contributed by atoms with E-state index in [-0.39, 0.29) is 11.7 Å². The minimum Gasteiger partial charge on any atom is -0.505 e. The molecule has 0 unspecified atom stereocenters. The highest BCUT2D eigenvalue weighted by Crippen LogP contribution is 2.34. The fourth-order valence-electron chi connectivity index (χ4n) is 3.27. The lowest BCUT2D eigenvalue weighted by molar-refractivity contribution is -0.115. The van der Waals surface area contributed by atoms with E-state index in [0.717, 1.165) is 10.7 Å². The van der Waals surface area contributed by atoms with Gasteiger partial charge in [0.05, 0.1) is 18.4 Å². The molecule has 3 aromatic rings. The molecule has 0 saturated heterocycles. The fourth-order valence-corrected chi connectivity index (χ4v) is 3.27. The molecular formula is C20H17N3O2. The smallest absolute Gasteiger partial charge is 0.228 e. The molecular weight excluding hydrogens is 314 g/mol. The summed E-state index contributed by atoms with van der Waals surface area (Å²) in [4.78, 5) is 23.2. The molecule has 1 N–H and O–H groups in total. The number of phenolic OH excluding ortho intramolecular Hbond substituents is 1. The molecule has 4 rings (SSSR count). The molecule has 1 amide bonds. The van der Waals surface area contributed by atoms with Crippen LogP contribution in [0.25, 0.3) is 10.8 Å². The molecule has 0 atom stereocenters. The molecule has 0 bridgehead atoms. The zero-order chi connectivity index (χ0) is 17.4. The second-order valence-electron chi connectivity index (χ2n) is 5.89. The van der Waals surface area contributed by atoms with Gasteiger partial charge in [-0.05, 0) is 12.1 Å². The molecule has 1 aliphatic heterocycles. The van der Waals surface area contributed by atoms with E-state index in [1.165, 1.54) is 11.8 Å². The van der Waals surface area contributed by atoms with Gasteiger partial charge in [0.15, 0.2) is 0 Å². The lowest BCUT2D eigenvalue weighted by Gasteiger charge is -2.24. The number of hydrogen-bond donors (Lipinski definition) is 1. The van der Waals surface area contributed by atoms with Crippen molar-refractivity contribution in [3.05, 3.63) is 65.3 Å². The first-order chi connectivity index (χ1) is 12.2. The van der Waals surface area contributed by atoms with Crippen LogP contribution in [0.3, 0.4) is 0 Å². The van der Waals surface area contributed by atoms with Crippen LogP contribution in [0.15, 0.2) is 64.6 Å². The van der Waals surface area contributed by atoms with E-state index < -0.39 is 0 Å². The molecule has 124 valence electrons. The number of anilines is 2. The van der Waals surface area contributed by atoms with Gasteiger partial charge in [-0.1, -0.05) is 42.5 Å². The van der Waals surface area contributed by atoms with E-state index in [9.17, 15) is 9.90 Å². The highest BCUT2D eigenvalue weighted by Gasteiger charge is 2.23. The van der Waals surface area contributed by atoms with Crippen LogP contribution in [-0.4, -0.2) is 24.1 Å². The van der Waals surface area contributed by atoms with Crippen molar-refractivity contribution in [2.75, 3.05) is 18.0 Å². The Labute approximate surface area is 144 Å². The van der Waals surface area contributed by atoms with Gasteiger partial charge in [-0.2, -0.15) is 0 Å². The molecule has 0 radical (unpaired) electrons. The third kappa shape index (κ3) is 2.45. The Morgan fingerprint density at radius 3 is 2.20 bits per heavy atom. The number of carbonyl (C=O) groups is 1. The number of para-hydroxylation sites is 1. The van der Waals surface area contributed by atoms with E-state index in [1.807, 2.05) is 54.6 Å². The lowest BCUT2D eigenvalue weighted by Crippen LogP contribution is -2.38. The summed E-state index contributed by atoms with van der Waals surface area (Å²) < 4.78 is 0. The van der Waals surface area contributed by atoms with Gasteiger partial charge in [0.2, 0.25) is 5.91 Å². The Bertz CT molecular complexity index is 1090. The summed E-state index contributed by atoms with van der Waals surface area (Å²) in [5.74, 6) is -0.144. The molecule has 3 aromatic carbocycles. The summed E-state index contributed by atoms with van der Waals surface area (Å²) in [6, 6.07) is 16.8. The van der Waals surface area contributed by atoms with Crippen LogP contribution in [0.1, 0.15) is 6.92 Å². The Kier molecular flexibility index (Phi) is 3.69. The lowest BCUT2D eigenvalue weighted by atomic mass is 10.0. The first kappa shape index (κ1) is 15.3. The highest BCUT2D eigenvalue weighted by molar-refractivity contribution is 6.04. The van der Waals surface area contributed by atoms with Gasteiger partial charge in [-0.25, -0.2) is 0 Å². The molecule has 1 aliphatic rings. The molecule has 5 heteroatoms. The van der Waals surface area contributed by atoms with E-state index in [2.05, 4.69) is 9.98 Å². The SMILES string of the molecule is CC(=O)N(c1ccccc1)c1c(O)c2ccccc2c2c1=NCCN=2. The predicted octanol–water partition coefficient (Wildman–Crippen LogP) is 2.48. The number of aromatic hydroxyl groups is 1. The zero-order valence-corrected chi connectivity index (χ0v) is 13.8. The van der Waals surface area contributed by atoms with Crippen LogP contribution in [-0.2, 0) is 4.79 Å². The standard InChI is InChI=1S/C20H17N3O2/c1-13(24)23(14-7-3-2-4-8-14)19-18-17(21-11-12-22-18)15-9-5-6-10-16(15)20(19)25/h2-10,25H,11-12H2,1H3. The summed E-state index contributed by atoms with van der Waals surface area (Å²) in [6.45, 7) is 2.62. The van der Waals surface area contributed by atoms with Crippen LogP contribution in [0, 0.1) is 0 Å². The largest absolute Gasteiger partial charge is 0.505 e. The third-order valence-electron chi connectivity index (χ3n) is 4.30. The second kappa shape index (κ2) is 6.02. The number of carbonyl (C=O) groups excluding carboxylic acids is 1. The first-order valence-corrected chi connectivity index (χ1v) is 8.17. The van der Waals surface area contributed by atoms with E-state index in [1.54, 1.807) is 0 Å². The molecule has 25 heavy (non-hydrogen) atoms. The summed E-state index contributed by atoms with van der Waals surface area (Å²) >= 11 is 0. The van der Waals surface area contributed by atoms with Crippen molar-refractivity contribution in [2.24, 2.45) is 9.98 Å². The maximum atomic E-state index is 12.5. The second-order valence-corrected chi connectivity index (χ2v) is 5.89. The minimum atomic E-state index is -0.195. The summed E-state index contributed by atoms with van der Waals surface area (Å²) in [7, 11) is 0. The van der Waals surface area contributed by atoms with Crippen molar-refractivity contribution < 1.29 is 9.90 Å². The topological polar surface area (TPSA) is 65.3 Å². The fraction of sp³-hybridized carbons (Fsp3) is 0.150. The maximum absolute atomic E-state index is 12.5. The van der Waals surface area contributed by atoms with Gasteiger partial charge in [0, 0.05) is 23.4 Å². The Hall–Kier alpha value is -3.21. The van der Waals surface area contributed by atoms with Crippen molar-refractivity contribution in [2.45, 2.75) is 6.92 Å². The Morgan fingerprint density at radius 1 is 0.920 bits per heavy atom. The zero-order valence-electron chi connectivity index (χ0n) is 13.8. The molecule has 1 heterocycles. The molecule has 0 saturated carbocycles. The quantitative estimate of drug-likeness (QED) is 0.784. The molecule has 0 aromatic heterocycles. The van der Waals surface area contributed by atoms with E-state index in [0.29, 0.717) is 35.2 Å². The van der Waals surface area contributed by atoms with Crippen molar-refractivity contribution in [1.82, 2.24) is 0 Å². The number of phenols is 1. The van der Waals surface area contributed by atoms with Crippen LogP contribution in [0.5, 0.6) is 5.75 Å². The number of fused-ring (bicyclic) bond motifs is 3. The van der Waals surface area contributed by atoms with Crippen LogP contribution in [0.4, 0.5) is 11.4 Å². The summed E-state index contributed by atoms with van der Waals surface area (Å²) in [5, 5.41) is 13.8. The van der Waals surface area contributed by atoms with Gasteiger partial charge < -0.3 is 5.11 Å². The van der Waals surface area contributed by atoms with Gasteiger partial charge in [-0.3, -0.25) is 19.7 Å². The average Bonchev–Trinajstić information content (AvgIpc) is 2.65. The number of rotatable bonds is 2. The van der Waals surface area contributed by atoms with Crippen molar-refractivity contribution >= 4 is 28.1 Å².